The molecular formula is C16H21NO2. The molecule has 102 valence electrons. The Bertz CT molecular complexity index is 457. The number of nitrogens with one attached hydrogen (secondary N) is 1. The van der Waals surface area contributed by atoms with Crippen LogP contribution in [-0.2, 0) is 4.79 Å². The van der Waals surface area contributed by atoms with Gasteiger partial charge in [-0.2, -0.15) is 0 Å². The molecule has 0 aliphatic carbocycles. The van der Waals surface area contributed by atoms with Crippen LogP contribution in [0.1, 0.15) is 44.6 Å². The minimum atomic E-state index is -0.181. The van der Waals surface area contributed by atoms with Crippen LogP contribution in [0, 0.1) is 11.8 Å². The quantitative estimate of drug-likeness (QED) is 0.609. The Morgan fingerprint density at radius 3 is 2.79 bits per heavy atom. The van der Waals surface area contributed by atoms with Crippen LogP contribution in [0.4, 0.5) is 5.69 Å². The molecule has 1 rings (SSSR count). The lowest BCUT2D eigenvalue weighted by Gasteiger charge is -2.07. The molecule has 0 heterocycles. The molecule has 0 fully saturated rings. The normalized spacial score (nSPS) is 9.58. The van der Waals surface area contributed by atoms with Crippen LogP contribution < -0.4 is 5.32 Å². The van der Waals surface area contributed by atoms with E-state index in [4.69, 9.17) is 5.11 Å². The maximum absolute atomic E-state index is 11.8. The van der Waals surface area contributed by atoms with Crippen molar-refractivity contribution in [2.75, 3.05) is 11.9 Å². The molecule has 3 nitrogen and oxygen atoms in total. The molecule has 3 heteroatoms. The summed E-state index contributed by atoms with van der Waals surface area (Å²) in [6, 6.07) is 7.37. The fourth-order valence-electron chi connectivity index (χ4n) is 1.76. The summed E-state index contributed by atoms with van der Waals surface area (Å²) in [7, 11) is 0. The smallest absolute Gasteiger partial charge is 0.224 e. The van der Waals surface area contributed by atoms with Crippen LogP contribution in [-0.4, -0.2) is 17.6 Å². The van der Waals surface area contributed by atoms with Gasteiger partial charge in [0.15, 0.2) is 0 Å². The fourth-order valence-corrected chi connectivity index (χ4v) is 1.76. The molecule has 0 saturated heterocycles. The van der Waals surface area contributed by atoms with Crippen LogP contribution in [0.25, 0.3) is 0 Å². The number of rotatable bonds is 6. The van der Waals surface area contributed by atoms with Gasteiger partial charge in [0.2, 0.25) is 5.91 Å². The van der Waals surface area contributed by atoms with E-state index in [0.717, 1.165) is 18.4 Å². The number of unbranched alkanes of at least 4 members (excludes halogenated alkanes) is 3. The lowest BCUT2D eigenvalue weighted by molar-refractivity contribution is -0.116. The van der Waals surface area contributed by atoms with E-state index in [1.807, 2.05) is 24.3 Å². The highest BCUT2D eigenvalue weighted by Gasteiger charge is 2.04. The second kappa shape index (κ2) is 9.18. The molecule has 0 aliphatic rings. The number of carbonyl (C=O) groups excluding carboxylic acids is 1. The maximum atomic E-state index is 11.8. The van der Waals surface area contributed by atoms with Crippen LogP contribution >= 0.6 is 0 Å². The van der Waals surface area contributed by atoms with Crippen molar-refractivity contribution in [1.82, 2.24) is 0 Å². The highest BCUT2D eigenvalue weighted by Crippen LogP contribution is 2.14. The SMILES string of the molecule is CCCCCCC(=O)Nc1ccccc1C#CCO. The van der Waals surface area contributed by atoms with Gasteiger partial charge in [-0.3, -0.25) is 4.79 Å². The molecule has 1 aromatic rings. The highest BCUT2D eigenvalue weighted by molar-refractivity contribution is 5.92. The molecule has 0 bridgehead atoms. The van der Waals surface area contributed by atoms with Gasteiger partial charge in [0.05, 0.1) is 5.69 Å². The molecule has 1 aromatic carbocycles. The van der Waals surface area contributed by atoms with Gasteiger partial charge < -0.3 is 10.4 Å². The van der Waals surface area contributed by atoms with E-state index in [1.165, 1.54) is 12.8 Å². The molecule has 0 aliphatic heterocycles. The first-order valence-corrected chi connectivity index (χ1v) is 6.76. The van der Waals surface area contributed by atoms with Crippen LogP contribution in [0.5, 0.6) is 0 Å². The standard InChI is InChI=1S/C16H21NO2/c1-2-3-4-5-12-16(19)17-15-11-7-6-9-14(15)10-8-13-18/h6-7,9,11,18H,2-5,12-13H2,1H3,(H,17,19). The first kappa shape index (κ1) is 15.3. The minimum absolute atomic E-state index is 0.0225. The third-order valence-corrected chi connectivity index (χ3v) is 2.76. The summed E-state index contributed by atoms with van der Waals surface area (Å²) >= 11 is 0. The van der Waals surface area contributed by atoms with E-state index in [2.05, 4.69) is 24.1 Å². The first-order chi connectivity index (χ1) is 9.27. The first-order valence-electron chi connectivity index (χ1n) is 6.76. The number of aliphatic hydroxyl groups is 1. The average Bonchev–Trinajstić information content (AvgIpc) is 2.43. The Kier molecular flexibility index (Phi) is 7.38. The lowest BCUT2D eigenvalue weighted by Crippen LogP contribution is -2.12. The van der Waals surface area contributed by atoms with Gasteiger partial charge in [-0.1, -0.05) is 50.2 Å². The van der Waals surface area contributed by atoms with E-state index in [0.29, 0.717) is 12.1 Å². The summed E-state index contributed by atoms with van der Waals surface area (Å²) in [5.41, 5.74) is 1.45. The van der Waals surface area contributed by atoms with Gasteiger partial charge >= 0.3 is 0 Å². The zero-order valence-corrected chi connectivity index (χ0v) is 11.4. The number of carbonyl (C=O) groups is 1. The van der Waals surface area contributed by atoms with Crippen molar-refractivity contribution in [2.45, 2.75) is 39.0 Å². The van der Waals surface area contributed by atoms with Crippen molar-refractivity contribution >= 4 is 11.6 Å². The van der Waals surface area contributed by atoms with E-state index < -0.39 is 0 Å². The second-order valence-corrected chi connectivity index (χ2v) is 4.36. The van der Waals surface area contributed by atoms with Crippen molar-refractivity contribution in [3.05, 3.63) is 29.8 Å². The average molecular weight is 259 g/mol. The second-order valence-electron chi connectivity index (χ2n) is 4.36. The third-order valence-electron chi connectivity index (χ3n) is 2.76. The van der Waals surface area contributed by atoms with Crippen molar-refractivity contribution in [2.24, 2.45) is 0 Å². The topological polar surface area (TPSA) is 49.3 Å². The summed E-state index contributed by atoms with van der Waals surface area (Å²) in [4.78, 5) is 11.8. The Labute approximate surface area is 115 Å². The minimum Gasteiger partial charge on any atom is -0.384 e. The van der Waals surface area contributed by atoms with Gasteiger partial charge in [0, 0.05) is 12.0 Å². The fraction of sp³-hybridized carbons (Fsp3) is 0.438. The van der Waals surface area contributed by atoms with Crippen molar-refractivity contribution < 1.29 is 9.90 Å². The van der Waals surface area contributed by atoms with Gasteiger partial charge in [-0.05, 0) is 18.6 Å². The monoisotopic (exact) mass is 259 g/mol. The molecular weight excluding hydrogens is 238 g/mol. The molecule has 0 radical (unpaired) electrons. The number of hydrogen-bond acceptors (Lipinski definition) is 2. The van der Waals surface area contributed by atoms with Crippen molar-refractivity contribution in [1.29, 1.82) is 0 Å². The summed E-state index contributed by atoms with van der Waals surface area (Å²) in [6.45, 7) is 1.97. The van der Waals surface area contributed by atoms with Gasteiger partial charge in [-0.25, -0.2) is 0 Å². The van der Waals surface area contributed by atoms with Crippen LogP contribution in [0.3, 0.4) is 0 Å². The predicted octanol–water partition coefficient (Wildman–Crippen LogP) is 2.94. The van der Waals surface area contributed by atoms with E-state index >= 15 is 0 Å². The van der Waals surface area contributed by atoms with Gasteiger partial charge in [0.25, 0.3) is 0 Å². The molecule has 1 amide bonds. The lowest BCUT2D eigenvalue weighted by atomic mass is 10.1. The molecule has 0 saturated carbocycles. The number of aliphatic hydroxyl groups excluding tert-OH is 1. The Morgan fingerprint density at radius 2 is 2.05 bits per heavy atom. The van der Waals surface area contributed by atoms with E-state index in [9.17, 15) is 4.79 Å². The van der Waals surface area contributed by atoms with Gasteiger partial charge in [-0.15, -0.1) is 0 Å². The molecule has 2 N–H and O–H groups in total. The summed E-state index contributed by atoms with van der Waals surface area (Å²) < 4.78 is 0. The number of para-hydroxylation sites is 1. The van der Waals surface area contributed by atoms with Crippen LogP contribution in [0.2, 0.25) is 0 Å². The molecule has 19 heavy (non-hydrogen) atoms. The highest BCUT2D eigenvalue weighted by atomic mass is 16.2. The third kappa shape index (κ3) is 6.08. The Hall–Kier alpha value is -1.79. The largest absolute Gasteiger partial charge is 0.384 e. The van der Waals surface area contributed by atoms with E-state index in [1.54, 1.807) is 0 Å². The zero-order valence-electron chi connectivity index (χ0n) is 11.4. The Morgan fingerprint density at radius 1 is 1.26 bits per heavy atom. The van der Waals surface area contributed by atoms with Gasteiger partial charge in [0.1, 0.15) is 6.61 Å². The maximum Gasteiger partial charge on any atom is 0.224 e. The van der Waals surface area contributed by atoms with Crippen LogP contribution in [0.15, 0.2) is 24.3 Å². The molecule has 0 atom stereocenters. The summed E-state index contributed by atoms with van der Waals surface area (Å²) in [6.07, 6.45) is 4.90. The van der Waals surface area contributed by atoms with Crippen molar-refractivity contribution in [3.63, 3.8) is 0 Å². The summed E-state index contributed by atoms with van der Waals surface area (Å²) in [5.74, 6) is 5.44. The predicted molar refractivity (Wildman–Crippen MR) is 77.8 cm³/mol. The number of hydrogen-bond donors (Lipinski definition) is 2. The van der Waals surface area contributed by atoms with E-state index in [-0.39, 0.29) is 12.5 Å². The molecule has 0 spiro atoms. The molecule has 0 aromatic heterocycles. The number of anilines is 1. The summed E-state index contributed by atoms with van der Waals surface area (Å²) in [5, 5.41) is 11.6. The van der Waals surface area contributed by atoms with Crippen molar-refractivity contribution in [3.8, 4) is 11.8 Å². The number of benzene rings is 1. The zero-order chi connectivity index (χ0) is 13.9. The number of amides is 1. The molecule has 0 unspecified atom stereocenters. The Balaban J connectivity index is 2.54.